The third-order valence-electron chi connectivity index (χ3n) is 4.88. The first kappa shape index (κ1) is 13.0. The third kappa shape index (κ3) is 1.88. The summed E-state index contributed by atoms with van der Waals surface area (Å²) in [5.74, 6) is 2.69. The van der Waals surface area contributed by atoms with Gasteiger partial charge in [0.2, 0.25) is 0 Å². The molecule has 0 radical (unpaired) electrons. The van der Waals surface area contributed by atoms with Gasteiger partial charge in [0.05, 0.1) is 23.8 Å². The van der Waals surface area contributed by atoms with Crippen molar-refractivity contribution in [2.75, 3.05) is 13.2 Å². The molecule has 0 saturated heterocycles. The van der Waals surface area contributed by atoms with Gasteiger partial charge in [-0.25, -0.2) is 0 Å². The Labute approximate surface area is 127 Å². The molecule has 0 bridgehead atoms. The first-order chi connectivity index (χ1) is 9.75. The minimum atomic E-state index is -0.111. The summed E-state index contributed by atoms with van der Waals surface area (Å²) < 4.78 is 12.9. The number of benzene rings is 1. The van der Waals surface area contributed by atoms with Crippen LogP contribution in [0.4, 0.5) is 0 Å². The molecule has 3 aliphatic rings. The Hall–Kier alpha value is -0.740. The normalized spacial score (nSPS) is 27.7. The molecule has 0 spiro atoms. The van der Waals surface area contributed by atoms with E-state index in [1.165, 1.54) is 16.7 Å². The maximum atomic E-state index is 9.74. The monoisotopic (exact) mass is 338 g/mol. The average Bonchev–Trinajstić information content (AvgIpc) is 3.10. The Morgan fingerprint density at radius 2 is 1.55 bits per heavy atom. The number of rotatable bonds is 1. The molecule has 4 rings (SSSR count). The zero-order valence-electron chi connectivity index (χ0n) is 11.5. The first-order valence-electron chi connectivity index (χ1n) is 7.56. The Kier molecular flexibility index (Phi) is 3.19. The number of halogens is 1. The van der Waals surface area contributed by atoms with Gasteiger partial charge in [-0.3, -0.25) is 0 Å². The quantitative estimate of drug-likeness (QED) is 0.853. The minimum absolute atomic E-state index is 0.111. The summed E-state index contributed by atoms with van der Waals surface area (Å²) in [6, 6.07) is 0. The Morgan fingerprint density at radius 3 is 2.30 bits per heavy atom. The predicted octanol–water partition coefficient (Wildman–Crippen LogP) is 3.34. The van der Waals surface area contributed by atoms with Crippen molar-refractivity contribution in [1.82, 2.24) is 0 Å². The van der Waals surface area contributed by atoms with Gasteiger partial charge in [0.1, 0.15) is 11.5 Å². The molecule has 1 saturated carbocycles. The van der Waals surface area contributed by atoms with Crippen molar-refractivity contribution in [2.24, 2.45) is 0 Å². The van der Waals surface area contributed by atoms with Crippen LogP contribution in [0.25, 0.3) is 0 Å². The van der Waals surface area contributed by atoms with Gasteiger partial charge >= 0.3 is 0 Å². The van der Waals surface area contributed by atoms with Crippen LogP contribution >= 0.6 is 15.9 Å². The number of hydrogen-bond donors (Lipinski definition) is 1. The van der Waals surface area contributed by atoms with Crippen molar-refractivity contribution in [2.45, 2.75) is 50.5 Å². The first-order valence-corrected chi connectivity index (χ1v) is 8.35. The van der Waals surface area contributed by atoms with Gasteiger partial charge in [-0.1, -0.05) is 0 Å². The maximum absolute atomic E-state index is 9.74. The highest BCUT2D eigenvalue weighted by atomic mass is 79.9. The van der Waals surface area contributed by atoms with Crippen LogP contribution in [0, 0.1) is 0 Å². The smallest absolute Gasteiger partial charge is 0.137 e. The second-order valence-electron chi connectivity index (χ2n) is 6.05. The van der Waals surface area contributed by atoms with Crippen molar-refractivity contribution in [1.29, 1.82) is 0 Å². The zero-order chi connectivity index (χ0) is 13.7. The highest BCUT2D eigenvalue weighted by Gasteiger charge is 2.34. The summed E-state index contributed by atoms with van der Waals surface area (Å²) in [4.78, 5) is 0. The predicted molar refractivity (Wildman–Crippen MR) is 79.8 cm³/mol. The molecule has 0 aromatic heterocycles. The van der Waals surface area contributed by atoms with Crippen LogP contribution in [0.15, 0.2) is 4.47 Å². The molecule has 1 fully saturated rings. The second kappa shape index (κ2) is 4.92. The van der Waals surface area contributed by atoms with Gasteiger partial charge < -0.3 is 14.6 Å². The lowest BCUT2D eigenvalue weighted by atomic mass is 9.79. The molecular weight excluding hydrogens is 320 g/mol. The van der Waals surface area contributed by atoms with Gasteiger partial charge in [0, 0.05) is 29.5 Å². The van der Waals surface area contributed by atoms with Crippen LogP contribution in [-0.4, -0.2) is 24.4 Å². The summed E-state index contributed by atoms with van der Waals surface area (Å²) in [7, 11) is 0. The van der Waals surface area contributed by atoms with E-state index in [-0.39, 0.29) is 6.10 Å². The lowest BCUT2D eigenvalue weighted by Crippen LogP contribution is -2.18. The molecule has 0 unspecified atom stereocenters. The molecule has 1 aliphatic carbocycles. The van der Waals surface area contributed by atoms with E-state index in [1.54, 1.807) is 0 Å². The van der Waals surface area contributed by atoms with Gasteiger partial charge in [0.25, 0.3) is 0 Å². The third-order valence-corrected chi connectivity index (χ3v) is 5.72. The molecule has 0 amide bonds. The molecule has 3 nitrogen and oxygen atoms in total. The maximum Gasteiger partial charge on any atom is 0.137 e. The van der Waals surface area contributed by atoms with E-state index in [0.29, 0.717) is 5.92 Å². The molecular formula is C16H19BrO3. The lowest BCUT2D eigenvalue weighted by molar-refractivity contribution is 0.122. The fourth-order valence-electron chi connectivity index (χ4n) is 3.88. The van der Waals surface area contributed by atoms with Gasteiger partial charge in [-0.05, 0) is 47.5 Å². The van der Waals surface area contributed by atoms with Gasteiger partial charge in [0.15, 0.2) is 0 Å². The molecule has 2 heterocycles. The molecule has 1 N–H and O–H groups in total. The van der Waals surface area contributed by atoms with Crippen LogP contribution in [0.5, 0.6) is 11.5 Å². The molecule has 2 aliphatic heterocycles. The molecule has 20 heavy (non-hydrogen) atoms. The SMILES string of the molecule is OC1CCC(c2c3c(c(Br)c4c2OCC4)OCC3)CC1. The molecule has 4 heteroatoms. The number of aliphatic hydroxyl groups excluding tert-OH is 1. The summed E-state index contributed by atoms with van der Waals surface area (Å²) in [5.41, 5.74) is 4.02. The van der Waals surface area contributed by atoms with E-state index in [1.807, 2.05) is 0 Å². The molecule has 1 aromatic rings. The van der Waals surface area contributed by atoms with Crippen molar-refractivity contribution >= 4 is 15.9 Å². The largest absolute Gasteiger partial charge is 0.493 e. The van der Waals surface area contributed by atoms with Crippen LogP contribution in [0.3, 0.4) is 0 Å². The van der Waals surface area contributed by atoms with Crippen molar-refractivity contribution in [3.8, 4) is 11.5 Å². The Bertz CT molecular complexity index is 512. The Balaban J connectivity index is 1.83. The summed E-state index contributed by atoms with van der Waals surface area (Å²) >= 11 is 3.71. The van der Waals surface area contributed by atoms with Crippen LogP contribution in [0.1, 0.15) is 48.3 Å². The van der Waals surface area contributed by atoms with Crippen LogP contribution < -0.4 is 9.47 Å². The van der Waals surface area contributed by atoms with Crippen molar-refractivity contribution < 1.29 is 14.6 Å². The number of ether oxygens (including phenoxy) is 2. The highest BCUT2D eigenvalue weighted by molar-refractivity contribution is 9.10. The topological polar surface area (TPSA) is 38.7 Å². The standard InChI is InChI=1S/C16H19BrO3/c17-14-12-6-8-19-15(12)13(11-5-7-20-16(11)14)9-1-3-10(18)4-2-9/h9-10,18H,1-8H2. The van der Waals surface area contributed by atoms with Crippen LogP contribution in [0.2, 0.25) is 0 Å². The van der Waals surface area contributed by atoms with E-state index in [2.05, 4.69) is 15.9 Å². The van der Waals surface area contributed by atoms with Crippen molar-refractivity contribution in [3.63, 3.8) is 0 Å². The number of fused-ring (bicyclic) bond motifs is 2. The zero-order valence-corrected chi connectivity index (χ0v) is 13.0. The van der Waals surface area contributed by atoms with E-state index in [9.17, 15) is 5.11 Å². The highest BCUT2D eigenvalue weighted by Crippen LogP contribution is 2.51. The van der Waals surface area contributed by atoms with E-state index >= 15 is 0 Å². The van der Waals surface area contributed by atoms with Crippen LogP contribution in [-0.2, 0) is 12.8 Å². The summed E-state index contributed by atoms with van der Waals surface area (Å²) in [6.07, 6.45) is 5.78. The minimum Gasteiger partial charge on any atom is -0.493 e. The second-order valence-corrected chi connectivity index (χ2v) is 6.84. The van der Waals surface area contributed by atoms with E-state index < -0.39 is 0 Å². The Morgan fingerprint density at radius 1 is 0.900 bits per heavy atom. The van der Waals surface area contributed by atoms with E-state index in [4.69, 9.17) is 9.47 Å². The number of hydrogen-bond acceptors (Lipinski definition) is 3. The average molecular weight is 339 g/mol. The van der Waals surface area contributed by atoms with E-state index in [0.717, 1.165) is 67.7 Å². The lowest BCUT2D eigenvalue weighted by Gasteiger charge is -2.28. The fraction of sp³-hybridized carbons (Fsp3) is 0.625. The number of aliphatic hydroxyl groups is 1. The molecule has 108 valence electrons. The van der Waals surface area contributed by atoms with Crippen molar-refractivity contribution in [3.05, 3.63) is 21.2 Å². The molecule has 1 aromatic carbocycles. The van der Waals surface area contributed by atoms with Gasteiger partial charge in [-0.2, -0.15) is 0 Å². The fourth-order valence-corrected chi connectivity index (χ4v) is 4.62. The molecule has 0 atom stereocenters. The summed E-state index contributed by atoms with van der Waals surface area (Å²) in [6.45, 7) is 1.55. The van der Waals surface area contributed by atoms with Gasteiger partial charge in [-0.15, -0.1) is 0 Å². The summed E-state index contributed by atoms with van der Waals surface area (Å²) in [5, 5.41) is 9.74.